The van der Waals surface area contributed by atoms with Gasteiger partial charge in [-0.3, -0.25) is 4.79 Å². The summed E-state index contributed by atoms with van der Waals surface area (Å²) in [6.45, 7) is 6.95. The topological polar surface area (TPSA) is 94.6 Å². The minimum atomic E-state index is -0.420. The molecular weight excluding hydrogens is 508 g/mol. The maximum absolute atomic E-state index is 14.1. The van der Waals surface area contributed by atoms with Gasteiger partial charge in [-0.25, -0.2) is 4.79 Å². The Hall–Kier alpha value is -3.30. The van der Waals surface area contributed by atoms with Crippen molar-refractivity contribution in [1.82, 2.24) is 9.80 Å². The van der Waals surface area contributed by atoms with Gasteiger partial charge in [-0.1, -0.05) is 25.1 Å². The predicted molar refractivity (Wildman–Crippen MR) is 159 cm³/mol. The highest BCUT2D eigenvalue weighted by Gasteiger charge is 2.31. The number of amides is 3. The van der Waals surface area contributed by atoms with Gasteiger partial charge in [0.25, 0.3) is 5.91 Å². The Morgan fingerprint density at radius 1 is 1.12 bits per heavy atom. The summed E-state index contributed by atoms with van der Waals surface area (Å²) in [7, 11) is 5.61. The molecule has 40 heavy (non-hydrogen) atoms. The first-order valence-corrected chi connectivity index (χ1v) is 14.2. The minimum absolute atomic E-state index is 0.0778. The molecule has 0 aromatic heterocycles. The van der Waals surface area contributed by atoms with E-state index >= 15 is 0 Å². The van der Waals surface area contributed by atoms with Gasteiger partial charge >= 0.3 is 6.03 Å². The average Bonchev–Trinajstić information content (AvgIpc) is 2.94. The molecule has 9 heteroatoms. The third kappa shape index (κ3) is 8.60. The van der Waals surface area contributed by atoms with Crippen LogP contribution < -0.4 is 15.0 Å². The number of ether oxygens (including phenoxy) is 2. The molecule has 9 nitrogen and oxygen atoms in total. The second-order valence-corrected chi connectivity index (χ2v) is 11.1. The summed E-state index contributed by atoms with van der Waals surface area (Å²) in [5.74, 6) is 0.228. The van der Waals surface area contributed by atoms with E-state index in [2.05, 4.69) is 5.32 Å². The van der Waals surface area contributed by atoms with Gasteiger partial charge in [-0.2, -0.15) is 0 Å². The van der Waals surface area contributed by atoms with Crippen molar-refractivity contribution in [2.75, 3.05) is 57.7 Å². The molecule has 1 aliphatic rings. The van der Waals surface area contributed by atoms with Gasteiger partial charge in [0, 0.05) is 58.1 Å². The van der Waals surface area contributed by atoms with Crippen LogP contribution in [0, 0.1) is 5.92 Å². The fourth-order valence-electron chi connectivity index (χ4n) is 4.74. The number of hydrogen-bond donors (Lipinski definition) is 2. The molecule has 0 bridgehead atoms. The lowest BCUT2D eigenvalue weighted by atomic mass is 10.0. The number of aliphatic hydroxyl groups excluding tert-OH is 1. The summed E-state index contributed by atoms with van der Waals surface area (Å²) in [6, 6.07) is 14.4. The molecule has 0 unspecified atom stereocenters. The van der Waals surface area contributed by atoms with Gasteiger partial charge in [0.05, 0.1) is 30.4 Å². The quantitative estimate of drug-likeness (QED) is 0.537. The van der Waals surface area contributed by atoms with E-state index in [-0.39, 0.29) is 36.7 Å². The number of nitrogens with one attached hydrogen (secondary N) is 1. The third-order valence-electron chi connectivity index (χ3n) is 7.38. The number of anilines is 2. The van der Waals surface area contributed by atoms with E-state index < -0.39 is 6.04 Å². The van der Waals surface area contributed by atoms with E-state index in [1.54, 1.807) is 16.8 Å². The Morgan fingerprint density at radius 3 is 2.52 bits per heavy atom. The first-order valence-electron chi connectivity index (χ1n) is 14.2. The van der Waals surface area contributed by atoms with E-state index in [4.69, 9.17) is 9.47 Å². The number of fused-ring (bicyclic) bond motifs is 1. The smallest absolute Gasteiger partial charge is 0.321 e. The van der Waals surface area contributed by atoms with Crippen LogP contribution in [0.2, 0.25) is 0 Å². The molecule has 0 saturated heterocycles. The molecule has 4 atom stereocenters. The van der Waals surface area contributed by atoms with Gasteiger partial charge < -0.3 is 34.6 Å². The van der Waals surface area contributed by atoms with Crippen molar-refractivity contribution in [1.29, 1.82) is 0 Å². The van der Waals surface area contributed by atoms with Crippen LogP contribution in [0.3, 0.4) is 0 Å². The monoisotopic (exact) mass is 554 g/mol. The van der Waals surface area contributed by atoms with Crippen molar-refractivity contribution in [3.63, 3.8) is 0 Å². The lowest BCUT2D eigenvalue weighted by molar-refractivity contribution is -0.0115. The first kappa shape index (κ1) is 31.2. The minimum Gasteiger partial charge on any atom is -0.490 e. The van der Waals surface area contributed by atoms with Gasteiger partial charge in [0.15, 0.2) is 0 Å². The Morgan fingerprint density at radius 2 is 1.85 bits per heavy atom. The lowest BCUT2D eigenvalue weighted by Gasteiger charge is -2.36. The van der Waals surface area contributed by atoms with Crippen LogP contribution in [-0.4, -0.2) is 92.5 Å². The average molecular weight is 555 g/mol. The third-order valence-corrected chi connectivity index (χ3v) is 7.38. The second-order valence-electron chi connectivity index (χ2n) is 11.1. The van der Waals surface area contributed by atoms with E-state index in [0.717, 1.165) is 30.6 Å². The van der Waals surface area contributed by atoms with Gasteiger partial charge in [-0.05, 0) is 63.4 Å². The molecular formula is C31H46N4O5. The molecule has 3 amide bonds. The zero-order valence-corrected chi connectivity index (χ0v) is 24.8. The van der Waals surface area contributed by atoms with Crippen molar-refractivity contribution in [2.45, 2.75) is 58.3 Å². The van der Waals surface area contributed by atoms with Gasteiger partial charge in [0.1, 0.15) is 5.75 Å². The van der Waals surface area contributed by atoms with Crippen LogP contribution in [0.15, 0.2) is 48.5 Å². The number of nitrogens with zero attached hydrogens (tertiary/aromatic N) is 3. The molecule has 0 saturated carbocycles. The Balaban J connectivity index is 1.88. The van der Waals surface area contributed by atoms with E-state index in [1.807, 2.05) is 88.3 Å². The summed E-state index contributed by atoms with van der Waals surface area (Å²) >= 11 is 0. The highest BCUT2D eigenvalue weighted by atomic mass is 16.5. The summed E-state index contributed by atoms with van der Waals surface area (Å²) in [6.07, 6.45) is 2.21. The van der Waals surface area contributed by atoms with Crippen molar-refractivity contribution in [3.05, 3.63) is 54.1 Å². The Labute approximate surface area is 239 Å². The maximum Gasteiger partial charge on any atom is 0.321 e. The summed E-state index contributed by atoms with van der Waals surface area (Å²) in [5, 5.41) is 13.0. The number of rotatable bonds is 6. The van der Waals surface area contributed by atoms with E-state index in [0.29, 0.717) is 31.0 Å². The maximum atomic E-state index is 14.1. The number of carbonyl (C=O) groups excluding carboxylic acids is 2. The molecule has 1 heterocycles. The number of hydrogen-bond acceptors (Lipinski definition) is 6. The SMILES string of the molecule is C[C@H](CO)N1C[C@H](C)[C@@H](CN(C)C(=O)Nc2ccccc2)OCCCC[C@H](C)Oc2ccc(N(C)C)cc2C1=O. The number of likely N-dealkylation sites (N-methyl/N-ethyl adjacent to an activating group) is 1. The summed E-state index contributed by atoms with van der Waals surface area (Å²) in [5.41, 5.74) is 2.08. The molecule has 2 N–H and O–H groups in total. The second kappa shape index (κ2) is 14.9. The van der Waals surface area contributed by atoms with Gasteiger partial charge in [0.2, 0.25) is 0 Å². The van der Waals surface area contributed by atoms with Crippen LogP contribution >= 0.6 is 0 Å². The zero-order chi connectivity index (χ0) is 29.2. The molecule has 220 valence electrons. The fourth-order valence-corrected chi connectivity index (χ4v) is 4.74. The number of aliphatic hydroxyl groups is 1. The van der Waals surface area contributed by atoms with Crippen molar-refractivity contribution in [2.24, 2.45) is 5.92 Å². The standard InChI is InChI=1S/C31H46N4O5/c1-22-19-35(23(2)21-36)30(37)27-18-26(33(4)5)15-16-28(27)40-24(3)12-10-11-17-39-29(22)20-34(6)31(38)32-25-13-8-7-9-14-25/h7-9,13-16,18,22-24,29,36H,10-12,17,19-21H2,1-6H3,(H,32,38)/t22-,23+,24-,29+/m0/s1. The highest BCUT2D eigenvalue weighted by Crippen LogP contribution is 2.29. The Kier molecular flexibility index (Phi) is 11.6. The molecule has 0 spiro atoms. The molecule has 2 aromatic rings. The zero-order valence-electron chi connectivity index (χ0n) is 24.8. The van der Waals surface area contributed by atoms with E-state index in [1.165, 1.54) is 0 Å². The predicted octanol–water partition coefficient (Wildman–Crippen LogP) is 4.71. The molecule has 0 radical (unpaired) electrons. The van der Waals surface area contributed by atoms with Crippen molar-refractivity contribution in [3.8, 4) is 5.75 Å². The van der Waals surface area contributed by atoms with Crippen LogP contribution in [0.4, 0.5) is 16.2 Å². The van der Waals surface area contributed by atoms with Crippen LogP contribution in [-0.2, 0) is 4.74 Å². The molecule has 0 fully saturated rings. The Bertz CT molecular complexity index is 1100. The van der Waals surface area contributed by atoms with Crippen LogP contribution in [0.1, 0.15) is 50.4 Å². The number of carbonyl (C=O) groups is 2. The van der Waals surface area contributed by atoms with E-state index in [9.17, 15) is 14.7 Å². The van der Waals surface area contributed by atoms with Crippen molar-refractivity contribution < 1.29 is 24.2 Å². The van der Waals surface area contributed by atoms with Gasteiger partial charge in [-0.15, -0.1) is 0 Å². The molecule has 1 aliphatic heterocycles. The molecule has 2 aromatic carbocycles. The van der Waals surface area contributed by atoms with Crippen LogP contribution in [0.25, 0.3) is 0 Å². The highest BCUT2D eigenvalue weighted by molar-refractivity contribution is 5.98. The fraction of sp³-hybridized carbons (Fsp3) is 0.548. The summed E-state index contributed by atoms with van der Waals surface area (Å²) < 4.78 is 12.6. The lowest BCUT2D eigenvalue weighted by Crippen LogP contribution is -2.48. The van der Waals surface area contributed by atoms with Crippen LogP contribution in [0.5, 0.6) is 5.75 Å². The summed E-state index contributed by atoms with van der Waals surface area (Å²) in [4.78, 5) is 32.3. The number of para-hydroxylation sites is 1. The number of urea groups is 1. The molecule has 3 rings (SSSR count). The largest absolute Gasteiger partial charge is 0.490 e. The molecule has 0 aliphatic carbocycles. The first-order chi connectivity index (χ1) is 19.1. The van der Waals surface area contributed by atoms with Crippen molar-refractivity contribution >= 4 is 23.3 Å². The number of benzene rings is 2. The normalized spacial score (nSPS) is 21.4.